The molecule has 0 spiro atoms. The average Bonchev–Trinajstić information content (AvgIpc) is 3.19. The SMILES string of the molecule is Clc1nc(NC2CCN(C3CC3)C2)c2ccccc2n1. The minimum Gasteiger partial charge on any atom is -0.365 e. The second-order valence-electron chi connectivity index (χ2n) is 5.71. The number of halogens is 1. The molecule has 1 saturated carbocycles. The summed E-state index contributed by atoms with van der Waals surface area (Å²) in [6, 6.07) is 9.30. The van der Waals surface area contributed by atoms with E-state index in [0.29, 0.717) is 11.3 Å². The number of aromatic nitrogens is 2. The molecule has 1 saturated heterocycles. The van der Waals surface area contributed by atoms with Crippen LogP contribution in [0.5, 0.6) is 0 Å². The predicted molar refractivity (Wildman–Crippen MR) is 81.2 cm³/mol. The molecular formula is C15H17ClN4. The number of hydrogen-bond acceptors (Lipinski definition) is 4. The molecule has 4 rings (SSSR count). The Morgan fingerprint density at radius 3 is 2.85 bits per heavy atom. The minimum atomic E-state index is 0.309. The van der Waals surface area contributed by atoms with Crippen molar-refractivity contribution in [2.75, 3.05) is 18.4 Å². The van der Waals surface area contributed by atoms with E-state index in [1.54, 1.807) is 0 Å². The summed E-state index contributed by atoms with van der Waals surface area (Å²) in [5.74, 6) is 0.864. The molecule has 2 fully saturated rings. The lowest BCUT2D eigenvalue weighted by Crippen LogP contribution is -2.28. The molecule has 2 heterocycles. The van der Waals surface area contributed by atoms with Crippen LogP contribution in [0.1, 0.15) is 19.3 Å². The van der Waals surface area contributed by atoms with Gasteiger partial charge in [-0.25, -0.2) is 9.97 Å². The molecule has 1 unspecified atom stereocenters. The first-order chi connectivity index (χ1) is 9.79. The lowest BCUT2D eigenvalue weighted by Gasteiger charge is -2.17. The number of rotatable bonds is 3. The predicted octanol–water partition coefficient (Wildman–Crippen LogP) is 2.93. The van der Waals surface area contributed by atoms with Crippen LogP contribution in [0.3, 0.4) is 0 Å². The molecule has 1 aromatic carbocycles. The van der Waals surface area contributed by atoms with E-state index < -0.39 is 0 Å². The standard InChI is InChI=1S/C15H17ClN4/c16-15-18-13-4-2-1-3-12(13)14(19-15)17-10-7-8-20(9-10)11-5-6-11/h1-4,10-11H,5-9H2,(H,17,18,19). The molecule has 4 nitrogen and oxygen atoms in total. The Kier molecular flexibility index (Phi) is 3.00. The van der Waals surface area contributed by atoms with E-state index in [2.05, 4.69) is 20.2 Å². The zero-order valence-corrected chi connectivity index (χ0v) is 12.0. The van der Waals surface area contributed by atoms with Crippen LogP contribution in [0, 0.1) is 0 Å². The smallest absolute Gasteiger partial charge is 0.224 e. The lowest BCUT2D eigenvalue weighted by atomic mass is 10.2. The molecule has 5 heteroatoms. The topological polar surface area (TPSA) is 41.1 Å². The van der Waals surface area contributed by atoms with Gasteiger partial charge in [-0.05, 0) is 43.0 Å². The van der Waals surface area contributed by atoms with Crippen molar-refractivity contribution in [3.8, 4) is 0 Å². The van der Waals surface area contributed by atoms with Crippen molar-refractivity contribution in [1.29, 1.82) is 0 Å². The maximum absolute atomic E-state index is 6.03. The average molecular weight is 289 g/mol. The first-order valence-electron chi connectivity index (χ1n) is 7.22. The van der Waals surface area contributed by atoms with E-state index in [9.17, 15) is 0 Å². The summed E-state index contributed by atoms with van der Waals surface area (Å²) in [5.41, 5.74) is 0.895. The molecule has 1 aromatic heterocycles. The summed E-state index contributed by atoms with van der Waals surface area (Å²) < 4.78 is 0. The third-order valence-corrected chi connectivity index (χ3v) is 4.37. The molecule has 104 valence electrons. The van der Waals surface area contributed by atoms with Crippen molar-refractivity contribution < 1.29 is 0 Å². The van der Waals surface area contributed by atoms with Gasteiger partial charge < -0.3 is 5.32 Å². The van der Waals surface area contributed by atoms with E-state index in [1.807, 2.05) is 24.3 Å². The first-order valence-corrected chi connectivity index (χ1v) is 7.60. The largest absolute Gasteiger partial charge is 0.365 e. The van der Waals surface area contributed by atoms with Crippen molar-refractivity contribution >= 4 is 28.3 Å². The van der Waals surface area contributed by atoms with Crippen LogP contribution in [0.4, 0.5) is 5.82 Å². The van der Waals surface area contributed by atoms with Gasteiger partial charge in [0, 0.05) is 30.6 Å². The number of fused-ring (bicyclic) bond motifs is 1. The van der Waals surface area contributed by atoms with E-state index >= 15 is 0 Å². The molecule has 1 aliphatic heterocycles. The van der Waals surface area contributed by atoms with Gasteiger partial charge in [-0.1, -0.05) is 12.1 Å². The van der Waals surface area contributed by atoms with Gasteiger partial charge in [-0.2, -0.15) is 0 Å². The Balaban J connectivity index is 1.59. The highest BCUT2D eigenvalue weighted by atomic mass is 35.5. The number of nitrogens with one attached hydrogen (secondary N) is 1. The van der Waals surface area contributed by atoms with Crippen LogP contribution >= 0.6 is 11.6 Å². The zero-order chi connectivity index (χ0) is 13.5. The summed E-state index contributed by atoms with van der Waals surface area (Å²) in [4.78, 5) is 11.2. The number of nitrogens with zero attached hydrogens (tertiary/aromatic N) is 3. The van der Waals surface area contributed by atoms with Gasteiger partial charge in [0.2, 0.25) is 5.28 Å². The maximum Gasteiger partial charge on any atom is 0.224 e. The normalized spacial score (nSPS) is 23.4. The maximum atomic E-state index is 6.03. The van der Waals surface area contributed by atoms with Crippen molar-refractivity contribution in [1.82, 2.24) is 14.9 Å². The van der Waals surface area contributed by atoms with Crippen LogP contribution in [-0.4, -0.2) is 40.0 Å². The summed E-state index contributed by atoms with van der Waals surface area (Å²) in [6.45, 7) is 2.31. The molecule has 1 aliphatic carbocycles. The number of hydrogen-bond donors (Lipinski definition) is 1. The Bertz CT molecular complexity index is 641. The minimum absolute atomic E-state index is 0.309. The van der Waals surface area contributed by atoms with Crippen LogP contribution in [0.15, 0.2) is 24.3 Å². The van der Waals surface area contributed by atoms with Gasteiger partial charge in [-0.15, -0.1) is 0 Å². The fourth-order valence-electron chi connectivity index (χ4n) is 3.03. The Labute approximate surface area is 123 Å². The monoisotopic (exact) mass is 288 g/mol. The molecule has 0 amide bonds. The zero-order valence-electron chi connectivity index (χ0n) is 11.2. The quantitative estimate of drug-likeness (QED) is 0.882. The third-order valence-electron chi connectivity index (χ3n) is 4.20. The lowest BCUT2D eigenvalue weighted by molar-refractivity contribution is 0.326. The van der Waals surface area contributed by atoms with Gasteiger partial charge in [0.1, 0.15) is 5.82 Å². The van der Waals surface area contributed by atoms with Gasteiger partial charge in [0.25, 0.3) is 0 Å². The highest BCUT2D eigenvalue weighted by Gasteiger charge is 2.34. The van der Waals surface area contributed by atoms with E-state index in [-0.39, 0.29) is 0 Å². The van der Waals surface area contributed by atoms with Crippen molar-refractivity contribution in [3.05, 3.63) is 29.5 Å². The van der Waals surface area contributed by atoms with E-state index in [1.165, 1.54) is 25.8 Å². The van der Waals surface area contributed by atoms with Gasteiger partial charge >= 0.3 is 0 Å². The number of para-hydroxylation sites is 1. The Morgan fingerprint density at radius 2 is 2.00 bits per heavy atom. The molecule has 2 aromatic rings. The molecule has 0 bridgehead atoms. The number of benzene rings is 1. The van der Waals surface area contributed by atoms with Crippen LogP contribution in [0.2, 0.25) is 5.28 Å². The summed E-state index contributed by atoms with van der Waals surface area (Å²) in [5, 5.41) is 4.91. The molecule has 2 aliphatic rings. The van der Waals surface area contributed by atoms with Crippen LogP contribution in [0.25, 0.3) is 10.9 Å². The first kappa shape index (κ1) is 12.4. The van der Waals surface area contributed by atoms with Crippen LogP contribution < -0.4 is 5.32 Å². The number of anilines is 1. The highest BCUT2D eigenvalue weighted by molar-refractivity contribution is 6.28. The number of likely N-dealkylation sites (tertiary alicyclic amines) is 1. The third kappa shape index (κ3) is 2.34. The van der Waals surface area contributed by atoms with Gasteiger partial charge in [-0.3, -0.25) is 4.90 Å². The second-order valence-corrected chi connectivity index (χ2v) is 6.05. The molecule has 1 atom stereocenters. The van der Waals surface area contributed by atoms with Crippen molar-refractivity contribution in [3.63, 3.8) is 0 Å². The van der Waals surface area contributed by atoms with E-state index in [4.69, 9.17) is 11.6 Å². The molecule has 20 heavy (non-hydrogen) atoms. The molecular weight excluding hydrogens is 272 g/mol. The highest BCUT2D eigenvalue weighted by Crippen LogP contribution is 2.31. The molecule has 0 radical (unpaired) electrons. The summed E-state index contributed by atoms with van der Waals surface area (Å²) in [6.07, 6.45) is 3.91. The summed E-state index contributed by atoms with van der Waals surface area (Å²) >= 11 is 6.03. The second kappa shape index (κ2) is 4.86. The van der Waals surface area contributed by atoms with Gasteiger partial charge in [0.05, 0.1) is 5.52 Å². The summed E-state index contributed by atoms with van der Waals surface area (Å²) in [7, 11) is 0. The van der Waals surface area contributed by atoms with Gasteiger partial charge in [0.15, 0.2) is 0 Å². The Hall–Kier alpha value is -1.39. The van der Waals surface area contributed by atoms with E-state index in [0.717, 1.165) is 29.3 Å². The Morgan fingerprint density at radius 1 is 1.15 bits per heavy atom. The fourth-order valence-corrected chi connectivity index (χ4v) is 3.20. The van der Waals surface area contributed by atoms with Crippen molar-refractivity contribution in [2.24, 2.45) is 0 Å². The molecule has 1 N–H and O–H groups in total. The fraction of sp³-hybridized carbons (Fsp3) is 0.467. The van der Waals surface area contributed by atoms with Crippen LogP contribution in [-0.2, 0) is 0 Å². The van der Waals surface area contributed by atoms with Crippen molar-refractivity contribution in [2.45, 2.75) is 31.3 Å².